The van der Waals surface area contributed by atoms with Gasteiger partial charge in [-0.1, -0.05) is 20.3 Å². The highest BCUT2D eigenvalue weighted by Gasteiger charge is 2.35. The molecule has 0 amide bonds. The second kappa shape index (κ2) is 3.69. The third-order valence-corrected chi connectivity index (χ3v) is 4.60. The molecule has 2 aliphatic rings. The van der Waals surface area contributed by atoms with Gasteiger partial charge in [0.25, 0.3) is 0 Å². The van der Waals surface area contributed by atoms with Gasteiger partial charge in [0.05, 0.1) is 0 Å². The second-order valence-electron chi connectivity index (χ2n) is 5.81. The molecule has 1 atom stereocenters. The predicted octanol–water partition coefficient (Wildman–Crippen LogP) is 3.41. The minimum absolute atomic E-state index is 0.408. The van der Waals surface area contributed by atoms with E-state index >= 15 is 0 Å². The highest BCUT2D eigenvalue weighted by Crippen LogP contribution is 2.41. The monoisotopic (exact) mass is 237 g/mol. The Kier molecular flexibility index (Phi) is 2.42. The number of nitrogens with zero attached hydrogens (tertiary/aromatic N) is 2. The minimum atomic E-state index is 0.408. The fourth-order valence-electron chi connectivity index (χ4n) is 2.54. The Balaban J connectivity index is 1.68. The quantitative estimate of drug-likeness (QED) is 0.875. The lowest BCUT2D eigenvalue weighted by atomic mass is 9.87. The molecule has 0 aromatic carbocycles. The highest BCUT2D eigenvalue weighted by molar-refractivity contribution is 7.09. The smallest absolute Gasteiger partial charge is 0.202 e. The molecule has 1 heterocycles. The molecule has 0 bridgehead atoms. The Morgan fingerprint density at radius 3 is 2.75 bits per heavy atom. The SMILES string of the molecule is CC1(C)CCCC1Nc1nc(C2CC2)ns1. The molecule has 3 nitrogen and oxygen atoms in total. The van der Waals surface area contributed by atoms with Crippen LogP contribution in [-0.4, -0.2) is 15.4 Å². The third-order valence-electron chi connectivity index (χ3n) is 3.94. The van der Waals surface area contributed by atoms with Crippen LogP contribution in [0, 0.1) is 5.41 Å². The lowest BCUT2D eigenvalue weighted by Gasteiger charge is -2.27. The van der Waals surface area contributed by atoms with Crippen molar-refractivity contribution < 1.29 is 0 Å². The van der Waals surface area contributed by atoms with E-state index in [-0.39, 0.29) is 0 Å². The van der Waals surface area contributed by atoms with Crippen LogP contribution in [0.1, 0.15) is 57.7 Å². The maximum atomic E-state index is 4.60. The summed E-state index contributed by atoms with van der Waals surface area (Å²) in [5.74, 6) is 1.74. The summed E-state index contributed by atoms with van der Waals surface area (Å²) in [7, 11) is 0. The van der Waals surface area contributed by atoms with Crippen molar-refractivity contribution in [2.45, 2.75) is 57.9 Å². The van der Waals surface area contributed by atoms with Gasteiger partial charge in [-0.2, -0.15) is 4.37 Å². The van der Waals surface area contributed by atoms with Crippen molar-refractivity contribution >= 4 is 16.7 Å². The molecule has 0 aliphatic heterocycles. The number of hydrogen-bond acceptors (Lipinski definition) is 4. The van der Waals surface area contributed by atoms with Crippen molar-refractivity contribution in [1.29, 1.82) is 0 Å². The summed E-state index contributed by atoms with van der Waals surface area (Å²) in [6.07, 6.45) is 6.49. The third kappa shape index (κ3) is 1.95. The molecule has 88 valence electrons. The molecular weight excluding hydrogens is 218 g/mol. The van der Waals surface area contributed by atoms with E-state index in [1.165, 1.54) is 43.6 Å². The second-order valence-corrected chi connectivity index (χ2v) is 6.56. The zero-order valence-electron chi connectivity index (χ0n) is 9.99. The topological polar surface area (TPSA) is 37.8 Å². The van der Waals surface area contributed by atoms with E-state index < -0.39 is 0 Å². The van der Waals surface area contributed by atoms with Crippen LogP contribution in [0.15, 0.2) is 0 Å². The minimum Gasteiger partial charge on any atom is -0.357 e. The molecule has 1 aromatic heterocycles. The predicted molar refractivity (Wildman–Crippen MR) is 66.9 cm³/mol. The van der Waals surface area contributed by atoms with Crippen LogP contribution >= 0.6 is 11.5 Å². The molecule has 0 saturated heterocycles. The fraction of sp³-hybridized carbons (Fsp3) is 0.833. The Bertz CT molecular complexity index is 381. The summed E-state index contributed by atoms with van der Waals surface area (Å²) in [5, 5.41) is 4.61. The van der Waals surface area contributed by atoms with E-state index in [1.807, 2.05) is 0 Å². The molecule has 2 saturated carbocycles. The summed E-state index contributed by atoms with van der Waals surface area (Å²) >= 11 is 1.53. The molecule has 2 aliphatic carbocycles. The van der Waals surface area contributed by atoms with Gasteiger partial charge in [-0.3, -0.25) is 0 Å². The summed E-state index contributed by atoms with van der Waals surface area (Å²) in [6, 6.07) is 0.576. The van der Waals surface area contributed by atoms with Gasteiger partial charge in [-0.05, 0) is 31.1 Å². The van der Waals surface area contributed by atoms with Crippen LogP contribution in [0.25, 0.3) is 0 Å². The first-order valence-electron chi connectivity index (χ1n) is 6.25. The van der Waals surface area contributed by atoms with E-state index in [0.717, 1.165) is 11.0 Å². The number of aromatic nitrogens is 2. The van der Waals surface area contributed by atoms with Crippen LogP contribution in [0.2, 0.25) is 0 Å². The Morgan fingerprint density at radius 2 is 2.12 bits per heavy atom. The van der Waals surface area contributed by atoms with E-state index in [9.17, 15) is 0 Å². The van der Waals surface area contributed by atoms with Crippen LogP contribution < -0.4 is 5.32 Å². The molecule has 3 rings (SSSR count). The van der Waals surface area contributed by atoms with Crippen LogP contribution in [-0.2, 0) is 0 Å². The molecular formula is C12H19N3S. The van der Waals surface area contributed by atoms with Gasteiger partial charge in [0.1, 0.15) is 5.82 Å². The van der Waals surface area contributed by atoms with Gasteiger partial charge in [0.15, 0.2) is 0 Å². The van der Waals surface area contributed by atoms with Crippen molar-refractivity contribution in [3.8, 4) is 0 Å². The van der Waals surface area contributed by atoms with Crippen molar-refractivity contribution in [3.63, 3.8) is 0 Å². The summed E-state index contributed by atoms with van der Waals surface area (Å²) in [5.41, 5.74) is 0.408. The summed E-state index contributed by atoms with van der Waals surface area (Å²) < 4.78 is 4.44. The lowest BCUT2D eigenvalue weighted by molar-refractivity contribution is 0.350. The van der Waals surface area contributed by atoms with Crippen LogP contribution in [0.3, 0.4) is 0 Å². The normalized spacial score (nSPS) is 28.2. The molecule has 16 heavy (non-hydrogen) atoms. The molecule has 1 N–H and O–H groups in total. The van der Waals surface area contributed by atoms with Crippen molar-refractivity contribution in [2.24, 2.45) is 5.41 Å². The Hall–Kier alpha value is -0.640. The number of nitrogens with one attached hydrogen (secondary N) is 1. The standard InChI is InChI=1S/C12H19N3S/c1-12(2)7-3-4-9(12)13-11-14-10(15-16-11)8-5-6-8/h8-9H,3-7H2,1-2H3,(H,13,14,15). The van der Waals surface area contributed by atoms with Crippen LogP contribution in [0.4, 0.5) is 5.13 Å². The molecule has 1 unspecified atom stereocenters. The first-order chi connectivity index (χ1) is 7.65. The summed E-state index contributed by atoms with van der Waals surface area (Å²) in [6.45, 7) is 4.70. The van der Waals surface area contributed by atoms with Crippen molar-refractivity contribution in [3.05, 3.63) is 5.82 Å². The molecule has 4 heteroatoms. The van der Waals surface area contributed by atoms with Gasteiger partial charge in [0.2, 0.25) is 5.13 Å². The van der Waals surface area contributed by atoms with Crippen LogP contribution in [0.5, 0.6) is 0 Å². The van der Waals surface area contributed by atoms with E-state index in [2.05, 4.69) is 28.5 Å². The van der Waals surface area contributed by atoms with E-state index in [0.29, 0.717) is 17.4 Å². The van der Waals surface area contributed by atoms with Crippen molar-refractivity contribution in [1.82, 2.24) is 9.36 Å². The fourth-order valence-corrected chi connectivity index (χ4v) is 3.24. The maximum absolute atomic E-state index is 4.60. The zero-order chi connectivity index (χ0) is 11.2. The lowest BCUT2D eigenvalue weighted by Crippen LogP contribution is -2.30. The number of rotatable bonds is 3. The highest BCUT2D eigenvalue weighted by atomic mass is 32.1. The average Bonchev–Trinajstić information content (AvgIpc) is 2.89. The molecule has 2 fully saturated rings. The van der Waals surface area contributed by atoms with Crippen molar-refractivity contribution in [2.75, 3.05) is 5.32 Å². The maximum Gasteiger partial charge on any atom is 0.202 e. The van der Waals surface area contributed by atoms with E-state index in [4.69, 9.17) is 0 Å². The van der Waals surface area contributed by atoms with Gasteiger partial charge < -0.3 is 5.32 Å². The number of anilines is 1. The first-order valence-corrected chi connectivity index (χ1v) is 7.03. The van der Waals surface area contributed by atoms with Gasteiger partial charge >= 0.3 is 0 Å². The van der Waals surface area contributed by atoms with Gasteiger partial charge in [0, 0.05) is 23.5 Å². The Labute approximate surface area is 101 Å². The van der Waals surface area contributed by atoms with Gasteiger partial charge in [-0.25, -0.2) is 4.98 Å². The first kappa shape index (κ1) is 10.5. The van der Waals surface area contributed by atoms with Gasteiger partial charge in [-0.15, -0.1) is 0 Å². The molecule has 0 radical (unpaired) electrons. The molecule has 1 aromatic rings. The number of hydrogen-bond donors (Lipinski definition) is 1. The molecule has 0 spiro atoms. The van der Waals surface area contributed by atoms with E-state index in [1.54, 1.807) is 0 Å². The largest absolute Gasteiger partial charge is 0.357 e. The summed E-state index contributed by atoms with van der Waals surface area (Å²) in [4.78, 5) is 4.60. The average molecular weight is 237 g/mol. The zero-order valence-corrected chi connectivity index (χ0v) is 10.8. The Morgan fingerprint density at radius 1 is 1.31 bits per heavy atom.